The largest absolute Gasteiger partial charge is 0.399 e. The van der Waals surface area contributed by atoms with Gasteiger partial charge in [-0.2, -0.15) is 0 Å². The number of fused-ring (bicyclic) bond motifs is 6. The second kappa shape index (κ2) is 7.10. The monoisotopic (exact) mass is 450 g/mol. The van der Waals surface area contributed by atoms with Crippen LogP contribution >= 0.6 is 0 Å². The van der Waals surface area contributed by atoms with E-state index >= 15 is 0 Å². The minimum absolute atomic E-state index is 0.0799. The van der Waals surface area contributed by atoms with E-state index in [0.717, 1.165) is 5.69 Å². The lowest BCUT2D eigenvalue weighted by Crippen LogP contribution is -2.15. The van der Waals surface area contributed by atoms with E-state index in [1.54, 1.807) is 0 Å². The van der Waals surface area contributed by atoms with Crippen LogP contribution in [0.2, 0.25) is 0 Å². The van der Waals surface area contributed by atoms with Crippen molar-refractivity contribution in [2.45, 2.75) is 19.3 Å². The zero-order valence-corrected chi connectivity index (χ0v) is 19.9. The summed E-state index contributed by atoms with van der Waals surface area (Å²) >= 11 is 0. The Morgan fingerprint density at radius 3 is 2.03 bits per heavy atom. The minimum atomic E-state index is -0.0799. The summed E-state index contributed by atoms with van der Waals surface area (Å²) in [6.07, 6.45) is 0. The van der Waals surface area contributed by atoms with E-state index in [9.17, 15) is 0 Å². The molecule has 6 aromatic rings. The molecule has 0 atom stereocenters. The van der Waals surface area contributed by atoms with Gasteiger partial charge in [0.1, 0.15) is 0 Å². The molecule has 0 spiro atoms. The van der Waals surface area contributed by atoms with Crippen molar-refractivity contribution in [2.75, 3.05) is 5.73 Å². The normalized spacial score (nSPS) is 13.8. The second-order valence-corrected chi connectivity index (χ2v) is 10.1. The van der Waals surface area contributed by atoms with Crippen LogP contribution in [0.5, 0.6) is 0 Å². The van der Waals surface area contributed by atoms with Crippen molar-refractivity contribution in [3.63, 3.8) is 0 Å². The average Bonchev–Trinajstić information content (AvgIpc) is 3.33. The lowest BCUT2D eigenvalue weighted by atomic mass is 9.81. The topological polar surface area (TPSA) is 30.9 Å². The second-order valence-electron chi connectivity index (χ2n) is 10.1. The Morgan fingerprint density at radius 2 is 1.20 bits per heavy atom. The van der Waals surface area contributed by atoms with Crippen molar-refractivity contribution < 1.29 is 0 Å². The minimum Gasteiger partial charge on any atom is -0.399 e. The standard InChI is InChI=1S/C33H26N2/c1-33(2)29-19-22(12-15-25(29)26-16-14-23(34)20-30(26)33)21-13-17-32-28(18-21)27-10-6-7-11-31(27)35(32)24-8-4-3-5-9-24/h3-20H,34H2,1-2H3. The first-order valence-electron chi connectivity index (χ1n) is 12.2. The first kappa shape index (κ1) is 20.1. The Balaban J connectivity index is 1.43. The van der Waals surface area contributed by atoms with Crippen LogP contribution in [0, 0.1) is 0 Å². The summed E-state index contributed by atoms with van der Waals surface area (Å²) in [4.78, 5) is 0. The van der Waals surface area contributed by atoms with E-state index in [1.165, 1.54) is 60.9 Å². The van der Waals surface area contributed by atoms with E-state index < -0.39 is 0 Å². The van der Waals surface area contributed by atoms with Gasteiger partial charge in [-0.15, -0.1) is 0 Å². The number of anilines is 1. The Labute approximate surface area is 205 Å². The van der Waals surface area contributed by atoms with Gasteiger partial charge in [-0.3, -0.25) is 0 Å². The Kier molecular flexibility index (Phi) is 4.08. The van der Waals surface area contributed by atoms with Crippen molar-refractivity contribution >= 4 is 27.5 Å². The molecule has 1 aliphatic carbocycles. The van der Waals surface area contributed by atoms with Crippen molar-refractivity contribution in [1.29, 1.82) is 0 Å². The maximum atomic E-state index is 6.15. The molecule has 1 aliphatic rings. The van der Waals surface area contributed by atoms with Crippen LogP contribution < -0.4 is 5.73 Å². The molecule has 2 nitrogen and oxygen atoms in total. The number of nitrogens with two attached hydrogens (primary N) is 1. The molecule has 0 fully saturated rings. The Morgan fingerprint density at radius 1 is 0.571 bits per heavy atom. The Bertz CT molecular complexity index is 1770. The lowest BCUT2D eigenvalue weighted by molar-refractivity contribution is 0.661. The summed E-state index contributed by atoms with van der Waals surface area (Å²) in [7, 11) is 0. The molecule has 0 aliphatic heterocycles. The molecule has 0 saturated heterocycles. The number of benzene rings is 5. The molecule has 5 aromatic carbocycles. The van der Waals surface area contributed by atoms with Gasteiger partial charge in [-0.25, -0.2) is 0 Å². The van der Waals surface area contributed by atoms with Crippen LogP contribution in [-0.4, -0.2) is 4.57 Å². The fourth-order valence-electron chi connectivity index (χ4n) is 5.94. The number of rotatable bonds is 2. The van der Waals surface area contributed by atoms with Crippen LogP contribution in [-0.2, 0) is 5.41 Å². The van der Waals surface area contributed by atoms with E-state index in [2.05, 4.69) is 122 Å². The summed E-state index contributed by atoms with van der Waals surface area (Å²) in [5.41, 5.74) is 18.3. The number of hydrogen-bond acceptors (Lipinski definition) is 1. The van der Waals surface area contributed by atoms with Crippen LogP contribution in [0.25, 0.3) is 49.7 Å². The fraction of sp³-hybridized carbons (Fsp3) is 0.0909. The summed E-state index contributed by atoms with van der Waals surface area (Å²) in [5.74, 6) is 0. The van der Waals surface area contributed by atoms with Crippen LogP contribution in [0.15, 0.2) is 109 Å². The first-order chi connectivity index (χ1) is 17.0. The molecule has 0 bridgehead atoms. The van der Waals surface area contributed by atoms with Crippen molar-refractivity contribution in [3.8, 4) is 27.9 Å². The quantitative estimate of drug-likeness (QED) is 0.264. The smallest absolute Gasteiger partial charge is 0.0541 e. The van der Waals surface area contributed by atoms with E-state index in [4.69, 9.17) is 5.73 Å². The van der Waals surface area contributed by atoms with Crippen molar-refractivity contribution in [1.82, 2.24) is 4.57 Å². The third-order valence-electron chi connectivity index (χ3n) is 7.72. The highest BCUT2D eigenvalue weighted by atomic mass is 15.0. The molecule has 0 saturated carbocycles. The van der Waals surface area contributed by atoms with E-state index in [0.29, 0.717) is 0 Å². The summed E-state index contributed by atoms with van der Waals surface area (Å²) in [5, 5.41) is 2.55. The van der Waals surface area contributed by atoms with Gasteiger partial charge in [0.25, 0.3) is 0 Å². The zero-order chi connectivity index (χ0) is 23.7. The Hall–Kier alpha value is -4.30. The number of nitrogens with zero attached hydrogens (tertiary/aromatic N) is 1. The van der Waals surface area contributed by atoms with Gasteiger partial charge in [0.05, 0.1) is 11.0 Å². The molecule has 168 valence electrons. The third-order valence-corrected chi connectivity index (χ3v) is 7.72. The maximum absolute atomic E-state index is 6.15. The SMILES string of the molecule is CC1(C)c2cc(N)ccc2-c2ccc(-c3ccc4c(c3)c3ccccc3n4-c3ccccc3)cc21. The predicted octanol–water partition coefficient (Wildman–Crippen LogP) is 8.34. The molecule has 2 N–H and O–H groups in total. The molecule has 0 unspecified atom stereocenters. The summed E-state index contributed by atoms with van der Waals surface area (Å²) < 4.78 is 2.36. The number of hydrogen-bond donors (Lipinski definition) is 1. The zero-order valence-electron chi connectivity index (χ0n) is 19.9. The highest BCUT2D eigenvalue weighted by molar-refractivity contribution is 6.10. The molecule has 0 amide bonds. The molecule has 0 radical (unpaired) electrons. The van der Waals surface area contributed by atoms with Gasteiger partial charge in [-0.05, 0) is 81.9 Å². The molecule has 1 aromatic heterocycles. The van der Waals surface area contributed by atoms with Gasteiger partial charge in [0.15, 0.2) is 0 Å². The predicted molar refractivity (Wildman–Crippen MR) is 148 cm³/mol. The van der Waals surface area contributed by atoms with Crippen molar-refractivity contribution in [2.24, 2.45) is 0 Å². The fourth-order valence-corrected chi connectivity index (χ4v) is 5.94. The van der Waals surface area contributed by atoms with Gasteiger partial charge in [0, 0.05) is 27.6 Å². The van der Waals surface area contributed by atoms with Gasteiger partial charge in [-0.1, -0.05) is 74.5 Å². The molecule has 35 heavy (non-hydrogen) atoms. The number of para-hydroxylation sites is 2. The van der Waals surface area contributed by atoms with E-state index in [-0.39, 0.29) is 5.41 Å². The molecule has 1 heterocycles. The molecular formula is C33H26N2. The summed E-state index contributed by atoms with van der Waals surface area (Å²) in [6, 6.07) is 39.4. The average molecular weight is 451 g/mol. The highest BCUT2D eigenvalue weighted by Crippen LogP contribution is 2.50. The summed E-state index contributed by atoms with van der Waals surface area (Å²) in [6.45, 7) is 4.61. The number of nitrogen functional groups attached to an aromatic ring is 1. The van der Waals surface area contributed by atoms with Crippen LogP contribution in [0.3, 0.4) is 0 Å². The van der Waals surface area contributed by atoms with Crippen molar-refractivity contribution in [3.05, 3.63) is 120 Å². The van der Waals surface area contributed by atoms with Gasteiger partial charge >= 0.3 is 0 Å². The van der Waals surface area contributed by atoms with Crippen LogP contribution in [0.1, 0.15) is 25.0 Å². The molecule has 7 rings (SSSR count). The number of aromatic nitrogens is 1. The lowest BCUT2D eigenvalue weighted by Gasteiger charge is -2.22. The molecular weight excluding hydrogens is 424 g/mol. The van der Waals surface area contributed by atoms with Gasteiger partial charge in [0.2, 0.25) is 0 Å². The van der Waals surface area contributed by atoms with Crippen LogP contribution in [0.4, 0.5) is 5.69 Å². The highest BCUT2D eigenvalue weighted by Gasteiger charge is 2.35. The first-order valence-corrected chi connectivity index (χ1v) is 12.2. The van der Waals surface area contributed by atoms with Gasteiger partial charge < -0.3 is 10.3 Å². The van der Waals surface area contributed by atoms with E-state index in [1.807, 2.05) is 6.07 Å². The third kappa shape index (κ3) is 2.83. The maximum Gasteiger partial charge on any atom is 0.0541 e. The molecule has 2 heteroatoms.